The average molecular weight is 222 g/mol. The minimum Gasteiger partial charge on any atom is -0.462 e. The summed E-state index contributed by atoms with van der Waals surface area (Å²) in [4.78, 5) is 0. The number of halogens is 3. The summed E-state index contributed by atoms with van der Waals surface area (Å²) < 4.78 is 43.6. The third kappa shape index (κ3) is 4.66. The van der Waals surface area contributed by atoms with Crippen LogP contribution in [-0.4, -0.2) is 24.4 Å². The predicted molar refractivity (Wildman–Crippen MR) is 45.1 cm³/mol. The molecule has 1 N–H and O–H groups in total. The van der Waals surface area contributed by atoms with Crippen molar-refractivity contribution in [3.63, 3.8) is 0 Å². The molecule has 1 rings (SSSR count). The summed E-state index contributed by atoms with van der Waals surface area (Å²) >= 11 is 0. The van der Waals surface area contributed by atoms with E-state index in [0.29, 0.717) is 0 Å². The van der Waals surface area contributed by atoms with Crippen LogP contribution in [0, 0.1) is 0 Å². The Hall–Kier alpha value is -1.27. The van der Waals surface area contributed by atoms with Crippen LogP contribution in [0.2, 0.25) is 0 Å². The molecular formula is C9H9F3O3. The van der Waals surface area contributed by atoms with Crippen LogP contribution in [0.4, 0.5) is 13.2 Å². The van der Waals surface area contributed by atoms with Gasteiger partial charge in [0.25, 0.3) is 0 Å². The molecule has 0 saturated carbocycles. The monoisotopic (exact) mass is 222 g/mol. The van der Waals surface area contributed by atoms with Gasteiger partial charge >= 0.3 is 6.36 Å². The number of hydrogen-bond acceptors (Lipinski definition) is 3. The first-order chi connectivity index (χ1) is 7.01. The highest BCUT2D eigenvalue weighted by Gasteiger charge is 2.34. The van der Waals surface area contributed by atoms with E-state index in [1.807, 2.05) is 0 Å². The van der Waals surface area contributed by atoms with E-state index in [0.717, 1.165) is 0 Å². The lowest BCUT2D eigenvalue weighted by Crippen LogP contribution is -2.31. The highest BCUT2D eigenvalue weighted by Crippen LogP contribution is 2.20. The zero-order valence-electron chi connectivity index (χ0n) is 7.57. The molecule has 0 aliphatic carbocycles. The molecule has 84 valence electrons. The second kappa shape index (κ2) is 4.99. The molecule has 0 aliphatic heterocycles. The number of ether oxygens (including phenoxy) is 2. The second-order valence-corrected chi connectivity index (χ2v) is 2.61. The van der Waals surface area contributed by atoms with E-state index < -0.39 is 19.3 Å². The lowest BCUT2D eigenvalue weighted by Gasteiger charge is -2.18. The first-order valence-corrected chi connectivity index (χ1v) is 4.08. The normalized spacial score (nSPS) is 13.6. The molecule has 0 spiro atoms. The van der Waals surface area contributed by atoms with Crippen molar-refractivity contribution in [3.8, 4) is 5.75 Å². The number of hydrogen-bond donors (Lipinski definition) is 1. The van der Waals surface area contributed by atoms with Crippen LogP contribution in [0.5, 0.6) is 5.75 Å². The maximum absolute atomic E-state index is 11.8. The lowest BCUT2D eigenvalue weighted by atomic mass is 10.3. The average Bonchev–Trinajstić information content (AvgIpc) is 2.16. The summed E-state index contributed by atoms with van der Waals surface area (Å²) in [6.45, 7) is -0.881. The maximum atomic E-state index is 11.8. The van der Waals surface area contributed by atoms with E-state index in [1.54, 1.807) is 18.2 Å². The van der Waals surface area contributed by atoms with Crippen molar-refractivity contribution in [2.24, 2.45) is 0 Å². The molecule has 0 amide bonds. The number of aliphatic hydroxyl groups excluding tert-OH is 1. The van der Waals surface area contributed by atoms with Gasteiger partial charge in [-0.05, 0) is 12.1 Å². The van der Waals surface area contributed by atoms with Crippen LogP contribution in [0.1, 0.15) is 0 Å². The van der Waals surface area contributed by atoms with E-state index in [1.165, 1.54) is 12.1 Å². The smallest absolute Gasteiger partial charge is 0.462 e. The fraction of sp³-hybridized carbons (Fsp3) is 0.333. The second-order valence-electron chi connectivity index (χ2n) is 2.61. The molecular weight excluding hydrogens is 213 g/mol. The molecule has 0 saturated heterocycles. The van der Waals surface area contributed by atoms with Gasteiger partial charge in [0.1, 0.15) is 12.4 Å². The number of alkyl halides is 3. The fourth-order valence-corrected chi connectivity index (χ4v) is 0.898. The Labute approximate surface area is 84.0 Å². The van der Waals surface area contributed by atoms with Crippen molar-refractivity contribution in [2.45, 2.75) is 12.7 Å². The highest BCUT2D eigenvalue weighted by atomic mass is 19.4. The zero-order chi connectivity index (χ0) is 11.3. The fourth-order valence-electron chi connectivity index (χ4n) is 0.898. The van der Waals surface area contributed by atoms with Crippen molar-refractivity contribution in [1.29, 1.82) is 0 Å². The van der Waals surface area contributed by atoms with Crippen LogP contribution >= 0.6 is 0 Å². The Morgan fingerprint density at radius 2 is 1.80 bits per heavy atom. The summed E-state index contributed by atoms with van der Waals surface area (Å²) in [6, 6.07) is 7.80. The molecule has 3 nitrogen and oxygen atoms in total. The van der Waals surface area contributed by atoms with Gasteiger partial charge in [0, 0.05) is 0 Å². The summed E-state index contributed by atoms with van der Waals surface area (Å²) in [5, 5.41) is 8.60. The standard InChI is InChI=1S/C9H9F3O3/c10-9(11,12)15-8(6-13)14-7-4-2-1-3-5-7/h1-5,8,13H,6H2. The molecule has 0 heterocycles. The maximum Gasteiger partial charge on any atom is 0.525 e. The van der Waals surface area contributed by atoms with Crippen LogP contribution < -0.4 is 4.74 Å². The summed E-state index contributed by atoms with van der Waals surface area (Å²) in [5.41, 5.74) is 0. The van der Waals surface area contributed by atoms with Crippen LogP contribution in [0.3, 0.4) is 0 Å². The molecule has 0 bridgehead atoms. The van der Waals surface area contributed by atoms with E-state index >= 15 is 0 Å². The molecule has 1 aromatic rings. The third-order valence-electron chi connectivity index (χ3n) is 1.42. The van der Waals surface area contributed by atoms with Gasteiger partial charge in [-0.15, -0.1) is 13.2 Å². The van der Waals surface area contributed by atoms with Gasteiger partial charge in [0.2, 0.25) is 6.29 Å². The Bertz CT molecular complexity index is 286. The van der Waals surface area contributed by atoms with Crippen molar-refractivity contribution in [2.75, 3.05) is 6.61 Å². The van der Waals surface area contributed by atoms with Crippen LogP contribution in [0.15, 0.2) is 30.3 Å². The topological polar surface area (TPSA) is 38.7 Å². The highest BCUT2D eigenvalue weighted by molar-refractivity contribution is 5.20. The van der Waals surface area contributed by atoms with Gasteiger partial charge in [-0.25, -0.2) is 4.74 Å². The molecule has 0 aromatic heterocycles. The Balaban J connectivity index is 2.55. The molecule has 15 heavy (non-hydrogen) atoms. The molecule has 1 aromatic carbocycles. The SMILES string of the molecule is OCC(Oc1ccccc1)OC(F)(F)F. The molecule has 0 fully saturated rings. The van der Waals surface area contributed by atoms with E-state index in [2.05, 4.69) is 4.74 Å². The largest absolute Gasteiger partial charge is 0.525 e. The Kier molecular flexibility index (Phi) is 3.93. The third-order valence-corrected chi connectivity index (χ3v) is 1.42. The van der Waals surface area contributed by atoms with E-state index in [9.17, 15) is 13.2 Å². The minimum atomic E-state index is -4.83. The van der Waals surface area contributed by atoms with E-state index in [4.69, 9.17) is 9.84 Å². The van der Waals surface area contributed by atoms with Crippen molar-refractivity contribution in [3.05, 3.63) is 30.3 Å². The van der Waals surface area contributed by atoms with Gasteiger partial charge in [-0.1, -0.05) is 18.2 Å². The van der Waals surface area contributed by atoms with Gasteiger partial charge in [0.05, 0.1) is 0 Å². The Morgan fingerprint density at radius 3 is 2.27 bits per heavy atom. The first-order valence-electron chi connectivity index (χ1n) is 4.08. The van der Waals surface area contributed by atoms with Crippen molar-refractivity contribution in [1.82, 2.24) is 0 Å². The van der Waals surface area contributed by atoms with Gasteiger partial charge in [-0.2, -0.15) is 0 Å². The number of rotatable bonds is 4. The van der Waals surface area contributed by atoms with Crippen molar-refractivity contribution < 1.29 is 27.8 Å². The Morgan fingerprint density at radius 1 is 1.20 bits per heavy atom. The lowest BCUT2D eigenvalue weighted by molar-refractivity contribution is -0.370. The van der Waals surface area contributed by atoms with Gasteiger partial charge in [-0.3, -0.25) is 0 Å². The molecule has 0 aliphatic rings. The summed E-state index contributed by atoms with van der Waals surface area (Å²) in [5.74, 6) is 0.195. The molecule has 6 heteroatoms. The summed E-state index contributed by atoms with van der Waals surface area (Å²) in [7, 11) is 0. The summed E-state index contributed by atoms with van der Waals surface area (Å²) in [6.07, 6.45) is -6.57. The van der Waals surface area contributed by atoms with Crippen LogP contribution in [0.25, 0.3) is 0 Å². The minimum absolute atomic E-state index is 0.195. The van der Waals surface area contributed by atoms with Gasteiger partial charge in [0.15, 0.2) is 0 Å². The number of aliphatic hydroxyl groups is 1. The quantitative estimate of drug-likeness (QED) is 0.791. The van der Waals surface area contributed by atoms with Crippen molar-refractivity contribution >= 4 is 0 Å². The first kappa shape index (κ1) is 11.8. The van der Waals surface area contributed by atoms with Gasteiger partial charge < -0.3 is 9.84 Å². The predicted octanol–water partition coefficient (Wildman–Crippen LogP) is 1.92. The number of para-hydroxylation sites is 1. The number of benzene rings is 1. The van der Waals surface area contributed by atoms with E-state index in [-0.39, 0.29) is 5.75 Å². The molecule has 1 unspecified atom stereocenters. The molecule has 0 radical (unpaired) electrons. The molecule has 1 atom stereocenters. The zero-order valence-corrected chi connectivity index (χ0v) is 7.57. The van der Waals surface area contributed by atoms with Crippen LogP contribution in [-0.2, 0) is 4.74 Å².